The van der Waals surface area contributed by atoms with Gasteiger partial charge in [-0.2, -0.15) is 0 Å². The minimum atomic E-state index is 0.383. The Kier molecular flexibility index (Phi) is 5.33. The predicted octanol–water partition coefficient (Wildman–Crippen LogP) is 3.18. The number of nitrogens with two attached hydrogens (primary N) is 1. The zero-order valence-corrected chi connectivity index (χ0v) is 17.5. The molecular weight excluding hydrogens is 394 g/mol. The molecule has 0 bridgehead atoms. The first-order valence-electron chi connectivity index (χ1n) is 8.88. The summed E-state index contributed by atoms with van der Waals surface area (Å²) < 4.78 is 9.43. The molecule has 0 radical (unpaired) electrons. The molecule has 0 saturated heterocycles. The van der Waals surface area contributed by atoms with Crippen LogP contribution in [0.25, 0.3) is 21.4 Å². The van der Waals surface area contributed by atoms with Gasteiger partial charge in [0, 0.05) is 19.1 Å². The van der Waals surface area contributed by atoms with E-state index in [-0.39, 0.29) is 0 Å². The van der Waals surface area contributed by atoms with Crippen LogP contribution in [-0.4, -0.2) is 44.2 Å². The second-order valence-corrected chi connectivity index (χ2v) is 8.69. The van der Waals surface area contributed by atoms with Crippen LogP contribution in [0.3, 0.4) is 0 Å². The molecule has 0 aliphatic heterocycles. The van der Waals surface area contributed by atoms with Crippen LogP contribution in [0.5, 0.6) is 5.75 Å². The number of hydrogen-bond acceptors (Lipinski definition) is 9. The third-order valence-electron chi connectivity index (χ3n) is 4.17. The van der Waals surface area contributed by atoms with Crippen LogP contribution in [0.15, 0.2) is 34.0 Å². The van der Waals surface area contributed by atoms with Gasteiger partial charge in [0.25, 0.3) is 0 Å². The lowest BCUT2D eigenvalue weighted by Gasteiger charge is -2.10. The van der Waals surface area contributed by atoms with Gasteiger partial charge in [-0.1, -0.05) is 19.9 Å². The third kappa shape index (κ3) is 3.62. The molecule has 1 aromatic carbocycles. The number of fused-ring (bicyclic) bond motifs is 2. The molecule has 10 heteroatoms. The zero-order valence-electron chi connectivity index (χ0n) is 15.8. The number of nitrogens with one attached hydrogen (secondary N) is 1. The normalized spacial score (nSPS) is 11.7. The van der Waals surface area contributed by atoms with Gasteiger partial charge in [-0.25, -0.2) is 19.9 Å². The summed E-state index contributed by atoms with van der Waals surface area (Å²) in [5.41, 5.74) is 8.29. The molecule has 0 atom stereocenters. The van der Waals surface area contributed by atoms with Crippen molar-refractivity contribution in [3.63, 3.8) is 0 Å². The summed E-state index contributed by atoms with van der Waals surface area (Å²) in [5.74, 6) is 1.21. The van der Waals surface area contributed by atoms with Crippen LogP contribution in [-0.2, 0) is 6.54 Å². The second kappa shape index (κ2) is 7.90. The molecule has 0 amide bonds. The fourth-order valence-corrected chi connectivity index (χ4v) is 5.02. The maximum absolute atomic E-state index is 6.03. The van der Waals surface area contributed by atoms with Crippen molar-refractivity contribution in [1.82, 2.24) is 29.8 Å². The number of hydrogen-bond donors (Lipinski definition) is 2. The van der Waals surface area contributed by atoms with Crippen molar-refractivity contribution >= 4 is 50.3 Å². The highest BCUT2D eigenvalue weighted by Gasteiger charge is 2.18. The highest BCUT2D eigenvalue weighted by atomic mass is 32.2. The summed E-state index contributed by atoms with van der Waals surface area (Å²) >= 11 is 3.09. The van der Waals surface area contributed by atoms with E-state index < -0.39 is 0 Å². The lowest BCUT2D eigenvalue weighted by molar-refractivity contribution is 0.420. The summed E-state index contributed by atoms with van der Waals surface area (Å²) in [6.45, 7) is 5.77. The van der Waals surface area contributed by atoms with E-state index in [1.54, 1.807) is 18.4 Å². The Morgan fingerprint density at radius 2 is 2.14 bits per heavy atom. The Balaban J connectivity index is 1.72. The Morgan fingerprint density at radius 1 is 1.29 bits per heavy atom. The molecule has 0 aliphatic carbocycles. The zero-order chi connectivity index (χ0) is 19.7. The highest BCUT2D eigenvalue weighted by molar-refractivity contribution is 8.01. The number of rotatable bonds is 7. The summed E-state index contributed by atoms with van der Waals surface area (Å²) in [6.07, 6.45) is 1.47. The van der Waals surface area contributed by atoms with Gasteiger partial charge in [0.05, 0.1) is 17.3 Å². The molecule has 0 fully saturated rings. The standard InChI is InChI=1S/C18H21N7OS2/c1-10(2)20-7-8-25-16-13(15(19)21-9-22-16)24-17(25)28-18-23-11-5-4-6-12(26-3)14(11)27-18/h4-6,9-10,20H,7-8H2,1-3H3,(H2,19,21,22). The van der Waals surface area contributed by atoms with Crippen LogP contribution in [0.1, 0.15) is 13.8 Å². The Bertz CT molecular complexity index is 1120. The minimum Gasteiger partial charge on any atom is -0.495 e. The van der Waals surface area contributed by atoms with E-state index in [0.717, 1.165) is 44.2 Å². The van der Waals surface area contributed by atoms with Gasteiger partial charge in [0.15, 0.2) is 26.5 Å². The van der Waals surface area contributed by atoms with E-state index in [1.807, 2.05) is 18.2 Å². The van der Waals surface area contributed by atoms with Crippen molar-refractivity contribution in [3.8, 4) is 5.75 Å². The number of ether oxygens (including phenoxy) is 1. The molecule has 0 aliphatic rings. The number of thiazole rings is 1. The fraction of sp³-hybridized carbons (Fsp3) is 0.333. The number of anilines is 1. The molecule has 4 rings (SSSR count). The van der Waals surface area contributed by atoms with Gasteiger partial charge in [0.1, 0.15) is 12.1 Å². The molecule has 3 N–H and O–H groups in total. The Labute approximate surface area is 170 Å². The van der Waals surface area contributed by atoms with Crippen LogP contribution in [0, 0.1) is 0 Å². The van der Waals surface area contributed by atoms with Gasteiger partial charge in [-0.15, -0.1) is 11.3 Å². The van der Waals surface area contributed by atoms with E-state index in [2.05, 4.69) is 33.7 Å². The first-order chi connectivity index (χ1) is 13.6. The third-order valence-corrected chi connectivity index (χ3v) is 6.31. The second-order valence-electron chi connectivity index (χ2n) is 6.48. The van der Waals surface area contributed by atoms with E-state index in [0.29, 0.717) is 17.4 Å². The van der Waals surface area contributed by atoms with E-state index in [1.165, 1.54) is 18.1 Å². The first-order valence-corrected chi connectivity index (χ1v) is 10.5. The maximum atomic E-state index is 6.03. The molecule has 28 heavy (non-hydrogen) atoms. The number of aromatic nitrogens is 5. The average Bonchev–Trinajstić information content (AvgIpc) is 3.23. The summed E-state index contributed by atoms with van der Waals surface area (Å²) in [7, 11) is 1.67. The maximum Gasteiger partial charge on any atom is 0.177 e. The minimum absolute atomic E-state index is 0.383. The van der Waals surface area contributed by atoms with Crippen LogP contribution in [0.2, 0.25) is 0 Å². The Hall–Kier alpha value is -2.43. The smallest absolute Gasteiger partial charge is 0.177 e. The molecule has 0 saturated carbocycles. The number of methoxy groups -OCH3 is 1. The number of nitrogens with zero attached hydrogens (tertiary/aromatic N) is 5. The summed E-state index contributed by atoms with van der Waals surface area (Å²) in [6, 6.07) is 6.27. The first kappa shape index (κ1) is 18.9. The van der Waals surface area contributed by atoms with Gasteiger partial charge < -0.3 is 20.4 Å². The van der Waals surface area contributed by atoms with Crippen LogP contribution < -0.4 is 15.8 Å². The van der Waals surface area contributed by atoms with E-state index >= 15 is 0 Å². The molecule has 0 unspecified atom stereocenters. The van der Waals surface area contributed by atoms with E-state index in [4.69, 9.17) is 20.4 Å². The number of nitrogen functional groups attached to an aromatic ring is 1. The highest BCUT2D eigenvalue weighted by Crippen LogP contribution is 2.38. The van der Waals surface area contributed by atoms with Crippen molar-refractivity contribution in [2.45, 2.75) is 35.9 Å². The van der Waals surface area contributed by atoms with Crippen molar-refractivity contribution in [2.24, 2.45) is 0 Å². The molecule has 146 valence electrons. The van der Waals surface area contributed by atoms with Crippen molar-refractivity contribution in [3.05, 3.63) is 24.5 Å². The van der Waals surface area contributed by atoms with Crippen LogP contribution >= 0.6 is 23.1 Å². The molecule has 4 aromatic rings. The molecular formula is C18H21N7OS2. The predicted molar refractivity (Wildman–Crippen MR) is 113 cm³/mol. The van der Waals surface area contributed by atoms with Gasteiger partial charge in [0.2, 0.25) is 0 Å². The van der Waals surface area contributed by atoms with Gasteiger partial charge in [-0.05, 0) is 23.9 Å². The summed E-state index contributed by atoms with van der Waals surface area (Å²) in [4.78, 5) is 17.9. The number of benzene rings is 1. The molecule has 0 spiro atoms. The Morgan fingerprint density at radius 3 is 2.93 bits per heavy atom. The van der Waals surface area contributed by atoms with Crippen LogP contribution in [0.4, 0.5) is 5.82 Å². The lowest BCUT2D eigenvalue weighted by Crippen LogP contribution is -2.26. The van der Waals surface area contributed by atoms with Crippen molar-refractivity contribution in [1.29, 1.82) is 0 Å². The van der Waals surface area contributed by atoms with Crippen molar-refractivity contribution in [2.75, 3.05) is 19.4 Å². The molecule has 8 nitrogen and oxygen atoms in total. The molecule has 3 aromatic heterocycles. The molecule has 3 heterocycles. The number of imidazole rings is 1. The average molecular weight is 416 g/mol. The lowest BCUT2D eigenvalue weighted by atomic mass is 10.3. The van der Waals surface area contributed by atoms with Gasteiger partial charge in [-0.3, -0.25) is 0 Å². The van der Waals surface area contributed by atoms with Crippen molar-refractivity contribution < 1.29 is 4.74 Å². The van der Waals surface area contributed by atoms with E-state index in [9.17, 15) is 0 Å². The monoisotopic (exact) mass is 415 g/mol. The van der Waals surface area contributed by atoms with Gasteiger partial charge >= 0.3 is 0 Å². The largest absolute Gasteiger partial charge is 0.495 e. The fourth-order valence-electron chi connectivity index (χ4n) is 2.86. The summed E-state index contributed by atoms with van der Waals surface area (Å²) in [5, 5.41) is 4.23. The SMILES string of the molecule is COc1cccc2nc(Sc3nc4c(N)ncnc4n3CCNC(C)C)sc12. The topological polar surface area (TPSA) is 104 Å². The quantitative estimate of drug-likeness (QED) is 0.474.